The predicted molar refractivity (Wildman–Crippen MR) is 83.1 cm³/mol. The normalized spacial score (nSPS) is 27.7. The van der Waals surface area contributed by atoms with Crippen LogP contribution in [0.15, 0.2) is 28.7 Å². The molecule has 1 aromatic carbocycles. The van der Waals surface area contributed by atoms with Crippen molar-refractivity contribution in [3.63, 3.8) is 0 Å². The number of likely N-dealkylation sites (tertiary alicyclic amines) is 1. The lowest BCUT2D eigenvalue weighted by Crippen LogP contribution is -2.31. The topological polar surface area (TPSA) is 49.8 Å². The molecular weight excluding hydrogens is 334 g/mol. The minimum atomic E-state index is -0.216. The standard InChI is InChI=1S/C16H20BrNO3/c17-12-2-4-13(5-3-12)21-8-7-16(20)18-9-11-1-6-15(19)14(11)10-18/h2-5,11,14-15,19H,1,6-10H2. The fraction of sp³-hybridized carbons (Fsp3) is 0.562. The van der Waals surface area contributed by atoms with Crippen molar-refractivity contribution in [1.29, 1.82) is 0 Å². The number of ether oxygens (including phenoxy) is 1. The number of fused-ring (bicyclic) bond motifs is 1. The van der Waals surface area contributed by atoms with Crippen LogP contribution in [0, 0.1) is 11.8 Å². The van der Waals surface area contributed by atoms with Crippen LogP contribution >= 0.6 is 15.9 Å². The third kappa shape index (κ3) is 3.40. The summed E-state index contributed by atoms with van der Waals surface area (Å²) in [5.41, 5.74) is 0. The number of carbonyl (C=O) groups excluding carboxylic acids is 1. The van der Waals surface area contributed by atoms with E-state index in [4.69, 9.17) is 4.74 Å². The molecule has 21 heavy (non-hydrogen) atoms. The van der Waals surface area contributed by atoms with E-state index in [1.165, 1.54) is 0 Å². The maximum Gasteiger partial charge on any atom is 0.226 e. The molecular formula is C16H20BrNO3. The molecule has 1 saturated carbocycles. The van der Waals surface area contributed by atoms with Crippen LogP contribution < -0.4 is 4.74 Å². The van der Waals surface area contributed by atoms with Gasteiger partial charge in [-0.25, -0.2) is 0 Å². The van der Waals surface area contributed by atoms with Gasteiger partial charge in [0.25, 0.3) is 0 Å². The van der Waals surface area contributed by atoms with Gasteiger partial charge < -0.3 is 14.7 Å². The Kier molecular flexibility index (Phi) is 4.50. The van der Waals surface area contributed by atoms with Gasteiger partial charge in [-0.2, -0.15) is 0 Å². The molecule has 3 rings (SSSR count). The van der Waals surface area contributed by atoms with Crippen LogP contribution in [0.5, 0.6) is 5.75 Å². The summed E-state index contributed by atoms with van der Waals surface area (Å²) in [5, 5.41) is 9.88. The van der Waals surface area contributed by atoms with Crippen LogP contribution in [0.2, 0.25) is 0 Å². The number of benzene rings is 1. The van der Waals surface area contributed by atoms with Crippen LogP contribution in [0.1, 0.15) is 19.3 Å². The molecule has 0 bridgehead atoms. The Morgan fingerprint density at radius 3 is 2.76 bits per heavy atom. The lowest BCUT2D eigenvalue weighted by molar-refractivity contribution is -0.131. The Hall–Kier alpha value is -1.07. The zero-order valence-electron chi connectivity index (χ0n) is 11.9. The van der Waals surface area contributed by atoms with Gasteiger partial charge in [-0.05, 0) is 43.0 Å². The van der Waals surface area contributed by atoms with Gasteiger partial charge in [-0.1, -0.05) is 15.9 Å². The van der Waals surface area contributed by atoms with Crippen molar-refractivity contribution in [3.05, 3.63) is 28.7 Å². The Labute approximate surface area is 133 Å². The Morgan fingerprint density at radius 2 is 2.05 bits per heavy atom. The summed E-state index contributed by atoms with van der Waals surface area (Å²) in [7, 11) is 0. The molecule has 1 N–H and O–H groups in total. The second-order valence-electron chi connectivity index (χ2n) is 5.92. The second kappa shape index (κ2) is 6.36. The molecule has 1 aromatic rings. The summed E-state index contributed by atoms with van der Waals surface area (Å²) in [6, 6.07) is 7.59. The van der Waals surface area contributed by atoms with Crippen molar-refractivity contribution in [2.45, 2.75) is 25.4 Å². The minimum absolute atomic E-state index is 0.133. The number of hydrogen-bond donors (Lipinski definition) is 1. The molecule has 3 atom stereocenters. The second-order valence-corrected chi connectivity index (χ2v) is 6.84. The quantitative estimate of drug-likeness (QED) is 0.904. The van der Waals surface area contributed by atoms with Gasteiger partial charge >= 0.3 is 0 Å². The molecule has 0 aromatic heterocycles. The number of carbonyl (C=O) groups is 1. The van der Waals surface area contributed by atoms with Crippen molar-refractivity contribution in [3.8, 4) is 5.75 Å². The van der Waals surface area contributed by atoms with E-state index < -0.39 is 0 Å². The molecule has 5 heteroatoms. The van der Waals surface area contributed by atoms with E-state index in [-0.39, 0.29) is 12.0 Å². The third-order valence-corrected chi connectivity index (χ3v) is 5.10. The van der Waals surface area contributed by atoms with Crippen LogP contribution in [-0.2, 0) is 4.79 Å². The Balaban J connectivity index is 1.44. The first-order chi connectivity index (χ1) is 10.1. The largest absolute Gasteiger partial charge is 0.493 e. The Morgan fingerprint density at radius 1 is 1.29 bits per heavy atom. The van der Waals surface area contributed by atoms with E-state index in [0.29, 0.717) is 31.4 Å². The van der Waals surface area contributed by atoms with Crippen molar-refractivity contribution in [2.75, 3.05) is 19.7 Å². The summed E-state index contributed by atoms with van der Waals surface area (Å²) < 4.78 is 6.60. The molecule has 4 nitrogen and oxygen atoms in total. The molecule has 1 aliphatic carbocycles. The minimum Gasteiger partial charge on any atom is -0.493 e. The van der Waals surface area contributed by atoms with Gasteiger partial charge in [0.05, 0.1) is 19.1 Å². The maximum absolute atomic E-state index is 12.2. The molecule has 114 valence electrons. The van der Waals surface area contributed by atoms with E-state index in [1.54, 1.807) is 0 Å². The summed E-state index contributed by atoms with van der Waals surface area (Å²) in [4.78, 5) is 14.1. The zero-order valence-corrected chi connectivity index (χ0v) is 13.5. The number of nitrogens with zero attached hydrogens (tertiary/aromatic N) is 1. The molecule has 1 amide bonds. The van der Waals surface area contributed by atoms with E-state index in [9.17, 15) is 9.90 Å². The van der Waals surface area contributed by atoms with Crippen LogP contribution in [0.4, 0.5) is 0 Å². The van der Waals surface area contributed by atoms with Crippen molar-refractivity contribution < 1.29 is 14.6 Å². The highest BCUT2D eigenvalue weighted by Crippen LogP contribution is 2.38. The lowest BCUT2D eigenvalue weighted by atomic mass is 10.00. The van der Waals surface area contributed by atoms with Gasteiger partial charge in [0.1, 0.15) is 5.75 Å². The SMILES string of the molecule is O=C(CCOc1ccc(Br)cc1)N1CC2CCC(O)C2C1. The first-order valence-electron chi connectivity index (χ1n) is 7.47. The van der Waals surface area contributed by atoms with E-state index in [2.05, 4.69) is 15.9 Å². The van der Waals surface area contributed by atoms with E-state index in [0.717, 1.165) is 29.6 Å². The monoisotopic (exact) mass is 353 g/mol. The van der Waals surface area contributed by atoms with Crippen LogP contribution in [-0.4, -0.2) is 41.7 Å². The van der Waals surface area contributed by atoms with Gasteiger partial charge in [-0.15, -0.1) is 0 Å². The van der Waals surface area contributed by atoms with Gasteiger partial charge in [0, 0.05) is 23.5 Å². The van der Waals surface area contributed by atoms with E-state index in [1.807, 2.05) is 29.2 Å². The first-order valence-corrected chi connectivity index (χ1v) is 8.27. The molecule has 0 spiro atoms. The highest BCUT2D eigenvalue weighted by Gasteiger charge is 2.42. The average Bonchev–Trinajstić information content (AvgIpc) is 3.04. The highest BCUT2D eigenvalue weighted by molar-refractivity contribution is 9.10. The lowest BCUT2D eigenvalue weighted by Gasteiger charge is -2.18. The van der Waals surface area contributed by atoms with Gasteiger partial charge in [-0.3, -0.25) is 4.79 Å². The Bertz CT molecular complexity index is 505. The van der Waals surface area contributed by atoms with Gasteiger partial charge in [0.15, 0.2) is 0 Å². The summed E-state index contributed by atoms with van der Waals surface area (Å²) in [6.07, 6.45) is 2.12. The molecule has 1 saturated heterocycles. The third-order valence-electron chi connectivity index (χ3n) is 4.57. The number of rotatable bonds is 4. The van der Waals surface area contributed by atoms with Gasteiger partial charge in [0.2, 0.25) is 5.91 Å². The summed E-state index contributed by atoms with van der Waals surface area (Å²) >= 11 is 3.37. The number of amides is 1. The number of aliphatic hydroxyl groups excluding tert-OH is 1. The number of halogens is 1. The number of aliphatic hydroxyl groups is 1. The summed E-state index contributed by atoms with van der Waals surface area (Å²) in [5.74, 6) is 1.70. The van der Waals surface area contributed by atoms with Crippen molar-refractivity contribution in [2.24, 2.45) is 11.8 Å². The summed E-state index contributed by atoms with van der Waals surface area (Å²) in [6.45, 7) is 1.91. The molecule has 0 radical (unpaired) electrons. The number of hydrogen-bond acceptors (Lipinski definition) is 3. The first kappa shape index (κ1) is 14.9. The molecule has 3 unspecified atom stereocenters. The van der Waals surface area contributed by atoms with E-state index >= 15 is 0 Å². The molecule has 2 aliphatic rings. The smallest absolute Gasteiger partial charge is 0.226 e. The molecule has 1 heterocycles. The van der Waals surface area contributed by atoms with Crippen molar-refractivity contribution >= 4 is 21.8 Å². The fourth-order valence-corrected chi connectivity index (χ4v) is 3.65. The molecule has 1 aliphatic heterocycles. The highest BCUT2D eigenvalue weighted by atomic mass is 79.9. The van der Waals surface area contributed by atoms with Crippen LogP contribution in [0.3, 0.4) is 0 Å². The predicted octanol–water partition coefficient (Wildman–Crippen LogP) is 2.45. The molecule has 2 fully saturated rings. The van der Waals surface area contributed by atoms with Crippen molar-refractivity contribution in [1.82, 2.24) is 4.90 Å². The maximum atomic E-state index is 12.2. The average molecular weight is 354 g/mol. The fourth-order valence-electron chi connectivity index (χ4n) is 3.39. The zero-order chi connectivity index (χ0) is 14.8. The van der Waals surface area contributed by atoms with Crippen LogP contribution in [0.25, 0.3) is 0 Å².